The van der Waals surface area contributed by atoms with Gasteiger partial charge in [0.05, 0.1) is 33.1 Å². The fourth-order valence-corrected chi connectivity index (χ4v) is 3.48. The summed E-state index contributed by atoms with van der Waals surface area (Å²) in [4.78, 5) is 20.7. The maximum absolute atomic E-state index is 11.7. The number of aromatic nitrogens is 3. The van der Waals surface area contributed by atoms with Crippen LogP contribution in [0.2, 0.25) is 0 Å². The van der Waals surface area contributed by atoms with Gasteiger partial charge >= 0.3 is 0 Å². The van der Waals surface area contributed by atoms with Crippen LogP contribution in [0.1, 0.15) is 5.56 Å². The predicted molar refractivity (Wildman–Crippen MR) is 105 cm³/mol. The highest BCUT2D eigenvalue weighted by molar-refractivity contribution is 6.07. The monoisotopic (exact) mass is 365 g/mol. The molecule has 0 unspecified atom stereocenters. The van der Waals surface area contributed by atoms with Gasteiger partial charge in [-0.25, -0.2) is 9.97 Å². The summed E-state index contributed by atoms with van der Waals surface area (Å²) < 4.78 is 1.74. The molecule has 0 aliphatic heterocycles. The van der Waals surface area contributed by atoms with E-state index in [-0.39, 0.29) is 11.3 Å². The Morgan fingerprint density at radius 2 is 1.68 bits per heavy atom. The minimum Gasteiger partial charge on any atom is -0.286 e. The fourth-order valence-electron chi connectivity index (χ4n) is 3.48. The van der Waals surface area contributed by atoms with Crippen LogP contribution < -0.4 is 0 Å². The van der Waals surface area contributed by atoms with Crippen molar-refractivity contribution in [3.63, 3.8) is 0 Å². The zero-order chi connectivity index (χ0) is 19.3. The smallest absolute Gasteiger partial charge is 0.286 e. The molecule has 5 aromatic rings. The Balaban J connectivity index is 1.98. The average Bonchev–Trinajstić information content (AvgIpc) is 3.05. The van der Waals surface area contributed by atoms with Crippen molar-refractivity contribution in [1.29, 1.82) is 5.26 Å². The number of nitro benzene ring substituents is 1. The van der Waals surface area contributed by atoms with E-state index in [1.165, 1.54) is 6.07 Å². The molecule has 7 nitrogen and oxygen atoms in total. The van der Waals surface area contributed by atoms with Crippen LogP contribution >= 0.6 is 0 Å². The molecule has 0 aliphatic rings. The van der Waals surface area contributed by atoms with E-state index in [9.17, 15) is 10.1 Å². The summed E-state index contributed by atoms with van der Waals surface area (Å²) in [7, 11) is 0. The van der Waals surface area contributed by atoms with Crippen LogP contribution in [0.5, 0.6) is 0 Å². The molecule has 5 rings (SSSR count). The van der Waals surface area contributed by atoms with Gasteiger partial charge in [-0.3, -0.25) is 14.7 Å². The summed E-state index contributed by atoms with van der Waals surface area (Å²) in [5.41, 5.74) is 3.85. The quantitative estimate of drug-likeness (QED) is 0.339. The number of nitrogens with zero attached hydrogens (tertiary/aromatic N) is 5. The highest BCUT2D eigenvalue weighted by Gasteiger charge is 2.22. The Kier molecular flexibility index (Phi) is 3.33. The molecule has 0 spiro atoms. The number of hydrogen-bond donors (Lipinski definition) is 0. The molecule has 0 radical (unpaired) electrons. The first kappa shape index (κ1) is 15.9. The van der Waals surface area contributed by atoms with Gasteiger partial charge in [-0.05, 0) is 30.3 Å². The minimum atomic E-state index is -0.481. The standard InChI is InChI=1S/C21H11N5O2/c22-12-13-9-10-18(19(11-13)26(27)28)25-17-8-4-1-5-14(17)20-21(25)24-16-7-3-2-6-15(16)23-20/h1-11H. The molecular weight excluding hydrogens is 354 g/mol. The molecule has 2 aromatic heterocycles. The van der Waals surface area contributed by atoms with Crippen molar-refractivity contribution in [1.82, 2.24) is 14.5 Å². The fraction of sp³-hybridized carbons (Fsp3) is 0. The van der Waals surface area contributed by atoms with Crippen LogP contribution in [0.15, 0.2) is 66.7 Å². The number of hydrogen-bond acceptors (Lipinski definition) is 5. The number of nitro groups is 1. The lowest BCUT2D eigenvalue weighted by molar-refractivity contribution is -0.384. The molecule has 0 N–H and O–H groups in total. The molecule has 28 heavy (non-hydrogen) atoms. The minimum absolute atomic E-state index is 0.156. The lowest BCUT2D eigenvalue weighted by Crippen LogP contribution is -2.02. The van der Waals surface area contributed by atoms with E-state index in [4.69, 9.17) is 15.2 Å². The van der Waals surface area contributed by atoms with Gasteiger partial charge in [-0.15, -0.1) is 0 Å². The van der Waals surface area contributed by atoms with Gasteiger partial charge in [0, 0.05) is 11.5 Å². The van der Waals surface area contributed by atoms with Gasteiger partial charge in [0.25, 0.3) is 5.69 Å². The van der Waals surface area contributed by atoms with E-state index in [0.717, 1.165) is 16.4 Å². The summed E-state index contributed by atoms with van der Waals surface area (Å²) in [6.07, 6.45) is 0. The van der Waals surface area contributed by atoms with Crippen LogP contribution in [0, 0.1) is 21.4 Å². The summed E-state index contributed by atoms with van der Waals surface area (Å²) >= 11 is 0. The number of para-hydroxylation sites is 3. The van der Waals surface area contributed by atoms with E-state index in [2.05, 4.69) is 0 Å². The highest BCUT2D eigenvalue weighted by Crippen LogP contribution is 2.34. The van der Waals surface area contributed by atoms with Crippen molar-refractivity contribution < 1.29 is 4.92 Å². The maximum Gasteiger partial charge on any atom is 0.294 e. The molecular formula is C21H11N5O2. The Hall–Kier alpha value is -4.31. The first-order valence-corrected chi connectivity index (χ1v) is 8.52. The lowest BCUT2D eigenvalue weighted by Gasteiger charge is -2.08. The third-order valence-electron chi connectivity index (χ3n) is 4.71. The van der Waals surface area contributed by atoms with Crippen molar-refractivity contribution >= 4 is 38.8 Å². The Labute approximate surface area is 158 Å². The molecule has 2 heterocycles. The van der Waals surface area contributed by atoms with Gasteiger partial charge < -0.3 is 0 Å². The molecule has 0 bridgehead atoms. The van der Waals surface area contributed by atoms with Crippen LogP contribution in [0.25, 0.3) is 38.8 Å². The first-order chi connectivity index (χ1) is 13.7. The highest BCUT2D eigenvalue weighted by atomic mass is 16.6. The van der Waals surface area contributed by atoms with Crippen molar-refractivity contribution in [3.8, 4) is 11.8 Å². The zero-order valence-electron chi connectivity index (χ0n) is 14.4. The van der Waals surface area contributed by atoms with Gasteiger partial charge in [0.15, 0.2) is 5.65 Å². The lowest BCUT2D eigenvalue weighted by atomic mass is 10.2. The van der Waals surface area contributed by atoms with Crippen LogP contribution in [0.4, 0.5) is 5.69 Å². The number of nitriles is 1. The normalized spacial score (nSPS) is 11.1. The second kappa shape index (κ2) is 5.86. The molecule has 7 heteroatoms. The van der Waals surface area contributed by atoms with Gasteiger partial charge in [0.2, 0.25) is 0 Å². The second-order valence-electron chi connectivity index (χ2n) is 6.31. The third kappa shape index (κ3) is 2.22. The van der Waals surface area contributed by atoms with Gasteiger partial charge in [-0.2, -0.15) is 5.26 Å². The molecule has 0 atom stereocenters. The second-order valence-corrected chi connectivity index (χ2v) is 6.31. The number of benzene rings is 3. The molecule has 0 aliphatic carbocycles. The van der Waals surface area contributed by atoms with Crippen molar-refractivity contribution in [2.24, 2.45) is 0 Å². The van der Waals surface area contributed by atoms with Crippen molar-refractivity contribution in [3.05, 3.63) is 82.4 Å². The summed E-state index contributed by atoms with van der Waals surface area (Å²) in [5, 5.41) is 21.7. The van der Waals surface area contributed by atoms with E-state index in [1.807, 2.05) is 54.6 Å². The van der Waals surface area contributed by atoms with Gasteiger partial charge in [-0.1, -0.05) is 30.3 Å². The topological polar surface area (TPSA) is 97.6 Å². The summed E-state index contributed by atoms with van der Waals surface area (Å²) in [5.74, 6) is 0. The van der Waals surface area contributed by atoms with E-state index >= 15 is 0 Å². The van der Waals surface area contributed by atoms with E-state index in [1.54, 1.807) is 16.7 Å². The molecule has 0 saturated heterocycles. The molecule has 0 saturated carbocycles. The number of fused-ring (bicyclic) bond motifs is 4. The third-order valence-corrected chi connectivity index (χ3v) is 4.71. The van der Waals surface area contributed by atoms with Crippen LogP contribution in [0.3, 0.4) is 0 Å². The maximum atomic E-state index is 11.7. The summed E-state index contributed by atoms with van der Waals surface area (Å²) in [6.45, 7) is 0. The van der Waals surface area contributed by atoms with Crippen molar-refractivity contribution in [2.75, 3.05) is 0 Å². The van der Waals surface area contributed by atoms with Crippen molar-refractivity contribution in [2.45, 2.75) is 0 Å². The van der Waals surface area contributed by atoms with Crippen LogP contribution in [-0.4, -0.2) is 19.5 Å². The van der Waals surface area contributed by atoms with Crippen LogP contribution in [-0.2, 0) is 0 Å². The molecule has 132 valence electrons. The number of rotatable bonds is 2. The molecule has 3 aromatic carbocycles. The SMILES string of the molecule is N#Cc1ccc(-n2c3ccccc3c3nc4ccccc4nc32)c([N+](=O)[O-])c1. The molecule has 0 amide bonds. The summed E-state index contributed by atoms with van der Waals surface area (Å²) in [6, 6.07) is 21.5. The Morgan fingerprint density at radius 3 is 2.43 bits per heavy atom. The molecule has 0 fully saturated rings. The largest absolute Gasteiger partial charge is 0.294 e. The average molecular weight is 365 g/mol. The Bertz CT molecular complexity index is 1460. The zero-order valence-corrected chi connectivity index (χ0v) is 14.4. The van der Waals surface area contributed by atoms with E-state index < -0.39 is 4.92 Å². The Morgan fingerprint density at radius 1 is 0.964 bits per heavy atom. The predicted octanol–water partition coefficient (Wildman–Crippen LogP) is 4.51. The van der Waals surface area contributed by atoms with Gasteiger partial charge in [0.1, 0.15) is 11.2 Å². The van der Waals surface area contributed by atoms with E-state index in [0.29, 0.717) is 22.4 Å². The first-order valence-electron chi connectivity index (χ1n) is 8.52.